The van der Waals surface area contributed by atoms with Crippen LogP contribution in [0.4, 0.5) is 11.4 Å². The van der Waals surface area contributed by atoms with E-state index in [0.29, 0.717) is 11.3 Å². The van der Waals surface area contributed by atoms with Gasteiger partial charge in [-0.3, -0.25) is 4.98 Å². The van der Waals surface area contributed by atoms with Crippen LogP contribution in [0.25, 0.3) is 10.9 Å². The first kappa shape index (κ1) is 15.0. The highest BCUT2D eigenvalue weighted by atomic mass is 32.2. The summed E-state index contributed by atoms with van der Waals surface area (Å²) in [4.78, 5) is 4.76. The normalized spacial score (nSPS) is 15.4. The number of aromatic nitrogens is 1. The van der Waals surface area contributed by atoms with Crippen LogP contribution in [0, 0.1) is 6.92 Å². The first-order valence-electron chi connectivity index (χ1n) is 7.65. The molecule has 0 fully saturated rings. The lowest BCUT2D eigenvalue weighted by molar-refractivity contribution is 0.475. The van der Waals surface area contributed by atoms with Gasteiger partial charge in [0.1, 0.15) is 5.75 Å². The number of sulfone groups is 1. The Morgan fingerprint density at radius 3 is 2.79 bits per heavy atom. The van der Waals surface area contributed by atoms with Crippen LogP contribution in [0.1, 0.15) is 11.1 Å². The van der Waals surface area contributed by atoms with Crippen LogP contribution < -0.4 is 5.32 Å². The van der Waals surface area contributed by atoms with Gasteiger partial charge in [-0.05, 0) is 54.8 Å². The van der Waals surface area contributed by atoms with Crippen LogP contribution in [-0.4, -0.2) is 24.3 Å². The minimum absolute atomic E-state index is 0.140. The zero-order chi connectivity index (χ0) is 16.9. The monoisotopic (exact) mass is 340 g/mol. The van der Waals surface area contributed by atoms with Crippen LogP contribution in [0.3, 0.4) is 0 Å². The summed E-state index contributed by atoms with van der Waals surface area (Å²) in [5.74, 6) is 0.324. The lowest BCUT2D eigenvalue weighted by Gasteiger charge is -2.13. The van der Waals surface area contributed by atoms with Crippen molar-refractivity contribution in [2.24, 2.45) is 0 Å². The average Bonchev–Trinajstić information content (AvgIpc) is 2.82. The van der Waals surface area contributed by atoms with E-state index in [1.807, 2.05) is 19.1 Å². The van der Waals surface area contributed by atoms with Gasteiger partial charge < -0.3 is 10.4 Å². The summed E-state index contributed by atoms with van der Waals surface area (Å²) < 4.78 is 24.4. The highest BCUT2D eigenvalue weighted by Crippen LogP contribution is 2.36. The molecule has 0 saturated carbocycles. The zero-order valence-electron chi connectivity index (χ0n) is 13.1. The van der Waals surface area contributed by atoms with E-state index in [9.17, 15) is 13.5 Å². The molecule has 3 aromatic rings. The summed E-state index contributed by atoms with van der Waals surface area (Å²) in [5, 5.41) is 13.9. The average molecular weight is 340 g/mol. The number of aromatic hydroxyl groups is 1. The summed E-state index contributed by atoms with van der Waals surface area (Å²) in [6.45, 7) is 1.90. The van der Waals surface area contributed by atoms with Crippen LogP contribution in [-0.2, 0) is 16.3 Å². The van der Waals surface area contributed by atoms with Crippen LogP contribution in [0.15, 0.2) is 47.5 Å². The van der Waals surface area contributed by atoms with Gasteiger partial charge >= 0.3 is 0 Å². The number of nitrogens with one attached hydrogen (secondary N) is 1. The smallest absolute Gasteiger partial charge is 0.179 e. The van der Waals surface area contributed by atoms with Crippen molar-refractivity contribution >= 4 is 32.1 Å². The highest BCUT2D eigenvalue weighted by Gasteiger charge is 2.28. The Morgan fingerprint density at radius 2 is 2.00 bits per heavy atom. The summed E-state index contributed by atoms with van der Waals surface area (Å²) in [7, 11) is -3.20. The van der Waals surface area contributed by atoms with Crippen molar-refractivity contribution in [2.75, 3.05) is 11.1 Å². The number of pyridine rings is 1. The van der Waals surface area contributed by atoms with Gasteiger partial charge in [0.2, 0.25) is 0 Å². The Balaban J connectivity index is 1.92. The molecule has 0 unspecified atom stereocenters. The number of aryl methyl sites for hydroxylation is 2. The van der Waals surface area contributed by atoms with Crippen LogP contribution in [0.5, 0.6) is 5.75 Å². The number of phenols is 1. The maximum absolute atomic E-state index is 12.2. The summed E-state index contributed by atoms with van der Waals surface area (Å²) in [6.07, 6.45) is 2.19. The number of hydrogen-bond acceptors (Lipinski definition) is 5. The Morgan fingerprint density at radius 1 is 1.17 bits per heavy atom. The van der Waals surface area contributed by atoms with Gasteiger partial charge in [0.25, 0.3) is 0 Å². The van der Waals surface area contributed by atoms with Crippen molar-refractivity contribution < 1.29 is 13.5 Å². The molecule has 1 aliphatic rings. The van der Waals surface area contributed by atoms with Gasteiger partial charge in [-0.15, -0.1) is 0 Å². The molecule has 1 aromatic heterocycles. The number of nitrogens with zero attached hydrogens (tertiary/aromatic N) is 1. The van der Waals surface area contributed by atoms with Crippen molar-refractivity contribution in [3.63, 3.8) is 0 Å². The quantitative estimate of drug-likeness (QED) is 0.748. The van der Waals surface area contributed by atoms with E-state index in [4.69, 9.17) is 0 Å². The molecule has 0 aliphatic carbocycles. The third kappa shape index (κ3) is 2.39. The fourth-order valence-electron chi connectivity index (χ4n) is 3.28. The second kappa shape index (κ2) is 5.21. The van der Waals surface area contributed by atoms with E-state index in [1.165, 1.54) is 0 Å². The predicted octanol–water partition coefficient (Wildman–Crippen LogP) is 3.32. The summed E-state index contributed by atoms with van der Waals surface area (Å²) in [5.41, 5.74) is 4.05. The minimum atomic E-state index is -3.20. The fraction of sp³-hybridized carbons (Fsp3) is 0.167. The summed E-state index contributed by atoms with van der Waals surface area (Å²) >= 11 is 0. The number of fused-ring (bicyclic) bond motifs is 3. The maximum atomic E-state index is 12.2. The van der Waals surface area contributed by atoms with Crippen molar-refractivity contribution in [3.05, 3.63) is 53.7 Å². The van der Waals surface area contributed by atoms with Crippen molar-refractivity contribution in [3.8, 4) is 5.75 Å². The number of phenolic OH excluding ortho intramolecular Hbond substituents is 1. The van der Waals surface area contributed by atoms with Crippen molar-refractivity contribution in [1.29, 1.82) is 0 Å². The zero-order valence-corrected chi connectivity index (χ0v) is 13.9. The molecular weight excluding hydrogens is 324 g/mol. The number of benzene rings is 2. The van der Waals surface area contributed by atoms with Gasteiger partial charge in [-0.1, -0.05) is 0 Å². The molecule has 0 amide bonds. The first-order chi connectivity index (χ1) is 11.4. The van der Waals surface area contributed by atoms with Crippen molar-refractivity contribution in [1.82, 2.24) is 4.98 Å². The predicted molar refractivity (Wildman–Crippen MR) is 93.6 cm³/mol. The standard InChI is InChI=1S/C18H16N2O3S/c1-11-8-12(10-13(21)9-11)20-16-4-6-19-15-2-3-17-14(18(15)16)5-7-24(17,22)23/h2-4,6,8-10,21H,5,7H2,1H3,(H,19,20). The minimum Gasteiger partial charge on any atom is -0.508 e. The third-order valence-electron chi connectivity index (χ3n) is 4.27. The van der Waals surface area contributed by atoms with Crippen molar-refractivity contribution in [2.45, 2.75) is 18.2 Å². The Labute approximate surface area is 139 Å². The molecule has 122 valence electrons. The van der Waals surface area contributed by atoms with E-state index in [0.717, 1.165) is 33.4 Å². The van der Waals surface area contributed by atoms with Crippen LogP contribution in [0.2, 0.25) is 0 Å². The van der Waals surface area contributed by atoms with Gasteiger partial charge in [0.15, 0.2) is 9.84 Å². The van der Waals surface area contributed by atoms with E-state index >= 15 is 0 Å². The topological polar surface area (TPSA) is 79.3 Å². The van der Waals surface area contributed by atoms with Gasteiger partial charge in [-0.2, -0.15) is 0 Å². The molecule has 0 spiro atoms. The van der Waals surface area contributed by atoms with E-state index in [-0.39, 0.29) is 11.5 Å². The van der Waals surface area contributed by atoms with Gasteiger partial charge in [-0.25, -0.2) is 8.42 Å². The lowest BCUT2D eigenvalue weighted by atomic mass is 10.0. The maximum Gasteiger partial charge on any atom is 0.179 e. The highest BCUT2D eigenvalue weighted by molar-refractivity contribution is 7.91. The molecule has 1 aliphatic heterocycles. The Kier molecular flexibility index (Phi) is 3.25. The number of anilines is 2. The lowest BCUT2D eigenvalue weighted by Crippen LogP contribution is -1.99. The van der Waals surface area contributed by atoms with E-state index < -0.39 is 9.84 Å². The molecular formula is C18H16N2O3S. The van der Waals surface area contributed by atoms with Crippen LogP contribution >= 0.6 is 0 Å². The number of hydrogen-bond donors (Lipinski definition) is 2. The molecule has 6 heteroatoms. The van der Waals surface area contributed by atoms with E-state index in [1.54, 1.807) is 30.5 Å². The molecule has 0 saturated heterocycles. The Hall–Kier alpha value is -2.60. The fourth-order valence-corrected chi connectivity index (χ4v) is 4.83. The molecule has 2 heterocycles. The second-order valence-electron chi connectivity index (χ2n) is 6.05. The summed E-state index contributed by atoms with van der Waals surface area (Å²) in [6, 6.07) is 10.5. The Bertz CT molecular complexity index is 1050. The molecule has 2 N–H and O–H groups in total. The molecule has 24 heavy (non-hydrogen) atoms. The third-order valence-corrected chi connectivity index (χ3v) is 6.06. The molecule has 0 bridgehead atoms. The first-order valence-corrected chi connectivity index (χ1v) is 9.30. The SMILES string of the molecule is Cc1cc(O)cc(Nc2ccnc3ccc4c(c23)CCS4(=O)=O)c1. The second-order valence-corrected chi connectivity index (χ2v) is 8.12. The number of rotatable bonds is 2. The molecule has 5 nitrogen and oxygen atoms in total. The largest absolute Gasteiger partial charge is 0.508 e. The molecule has 0 radical (unpaired) electrons. The molecule has 0 atom stereocenters. The molecule has 2 aromatic carbocycles. The van der Waals surface area contributed by atoms with E-state index in [2.05, 4.69) is 10.3 Å². The molecule has 4 rings (SSSR count). The van der Waals surface area contributed by atoms with Gasteiger partial charge in [0, 0.05) is 29.0 Å². The van der Waals surface area contributed by atoms with Gasteiger partial charge in [0.05, 0.1) is 16.2 Å².